The summed E-state index contributed by atoms with van der Waals surface area (Å²) in [6, 6.07) is 5.07. The normalized spacial score (nSPS) is 10.7. The van der Waals surface area contributed by atoms with Gasteiger partial charge in [0, 0.05) is 17.3 Å². The predicted octanol–water partition coefficient (Wildman–Crippen LogP) is 3.44. The second-order valence-corrected chi connectivity index (χ2v) is 3.65. The lowest BCUT2D eigenvalue weighted by atomic mass is 10.1. The second kappa shape index (κ2) is 3.07. The highest BCUT2D eigenvalue weighted by Crippen LogP contribution is 2.27. The van der Waals surface area contributed by atoms with Gasteiger partial charge in [0.2, 0.25) is 0 Å². The Morgan fingerprint density at radius 2 is 2.08 bits per heavy atom. The van der Waals surface area contributed by atoms with Gasteiger partial charge in [-0.25, -0.2) is 4.39 Å². The van der Waals surface area contributed by atoms with E-state index in [1.807, 2.05) is 13.0 Å². The number of nitrogens with zero attached hydrogens (tertiary/aromatic N) is 1. The van der Waals surface area contributed by atoms with E-state index in [0.29, 0.717) is 4.47 Å². The van der Waals surface area contributed by atoms with Crippen molar-refractivity contribution in [2.24, 2.45) is 0 Å². The van der Waals surface area contributed by atoms with Gasteiger partial charge in [-0.1, -0.05) is 6.07 Å². The molecule has 0 amide bonds. The minimum atomic E-state index is -0.247. The molecule has 0 aliphatic heterocycles. The van der Waals surface area contributed by atoms with Gasteiger partial charge < -0.3 is 0 Å². The van der Waals surface area contributed by atoms with Crippen LogP contribution in [0.2, 0.25) is 0 Å². The number of hydrogen-bond acceptors (Lipinski definition) is 1. The fourth-order valence-corrected chi connectivity index (χ4v) is 2.01. The van der Waals surface area contributed by atoms with Gasteiger partial charge in [0.05, 0.1) is 4.47 Å². The van der Waals surface area contributed by atoms with Crippen LogP contribution in [-0.2, 0) is 0 Å². The Morgan fingerprint density at radius 1 is 1.31 bits per heavy atom. The van der Waals surface area contributed by atoms with Crippen molar-refractivity contribution in [3.63, 3.8) is 0 Å². The summed E-state index contributed by atoms with van der Waals surface area (Å²) in [6.07, 6.45) is 1.72. The average molecular weight is 240 g/mol. The van der Waals surface area contributed by atoms with Crippen molar-refractivity contribution in [2.45, 2.75) is 6.92 Å². The summed E-state index contributed by atoms with van der Waals surface area (Å²) in [5, 5.41) is 1.85. The third kappa shape index (κ3) is 1.33. The zero-order chi connectivity index (χ0) is 9.42. The van der Waals surface area contributed by atoms with Crippen molar-refractivity contribution >= 4 is 26.7 Å². The standard InChI is InChI=1S/C10H7BrFN/c1-6-9-7(4-5-13-6)2-3-8(12)10(9)11/h2-5H,1H3. The van der Waals surface area contributed by atoms with Gasteiger partial charge in [-0.15, -0.1) is 0 Å². The molecule has 3 heteroatoms. The van der Waals surface area contributed by atoms with E-state index in [1.165, 1.54) is 6.07 Å². The number of pyridine rings is 1. The van der Waals surface area contributed by atoms with Gasteiger partial charge in [-0.2, -0.15) is 0 Å². The first-order valence-electron chi connectivity index (χ1n) is 3.89. The number of aromatic nitrogens is 1. The van der Waals surface area contributed by atoms with E-state index in [4.69, 9.17) is 0 Å². The first kappa shape index (κ1) is 8.63. The van der Waals surface area contributed by atoms with Gasteiger partial charge in [0.15, 0.2) is 0 Å². The Labute approximate surface area is 83.7 Å². The van der Waals surface area contributed by atoms with Crippen LogP contribution in [0.15, 0.2) is 28.9 Å². The summed E-state index contributed by atoms with van der Waals surface area (Å²) in [4.78, 5) is 4.11. The van der Waals surface area contributed by atoms with Gasteiger partial charge in [0.1, 0.15) is 5.82 Å². The van der Waals surface area contributed by atoms with E-state index in [0.717, 1.165) is 16.5 Å². The quantitative estimate of drug-likeness (QED) is 0.687. The summed E-state index contributed by atoms with van der Waals surface area (Å²) in [5.74, 6) is -0.247. The minimum absolute atomic E-state index is 0.247. The fraction of sp³-hybridized carbons (Fsp3) is 0.100. The van der Waals surface area contributed by atoms with Crippen LogP contribution in [0.4, 0.5) is 4.39 Å². The van der Waals surface area contributed by atoms with Crippen LogP contribution in [0.5, 0.6) is 0 Å². The van der Waals surface area contributed by atoms with E-state index < -0.39 is 0 Å². The topological polar surface area (TPSA) is 12.9 Å². The molecule has 66 valence electrons. The molecule has 0 saturated heterocycles. The van der Waals surface area contributed by atoms with E-state index in [2.05, 4.69) is 20.9 Å². The third-order valence-electron chi connectivity index (χ3n) is 2.01. The molecule has 1 nitrogen and oxygen atoms in total. The van der Waals surface area contributed by atoms with Crippen molar-refractivity contribution in [1.29, 1.82) is 0 Å². The van der Waals surface area contributed by atoms with Crippen molar-refractivity contribution in [2.75, 3.05) is 0 Å². The van der Waals surface area contributed by atoms with E-state index >= 15 is 0 Å². The maximum absolute atomic E-state index is 13.2. The average Bonchev–Trinajstić information content (AvgIpc) is 2.12. The van der Waals surface area contributed by atoms with Gasteiger partial charge in [-0.05, 0) is 40.4 Å². The summed E-state index contributed by atoms with van der Waals surface area (Å²) in [6.45, 7) is 1.87. The fourth-order valence-electron chi connectivity index (χ4n) is 1.37. The summed E-state index contributed by atoms with van der Waals surface area (Å²) in [5.41, 5.74) is 0.837. The number of benzene rings is 1. The number of fused-ring (bicyclic) bond motifs is 1. The van der Waals surface area contributed by atoms with E-state index in [-0.39, 0.29) is 5.82 Å². The Bertz CT molecular complexity index is 468. The lowest BCUT2D eigenvalue weighted by molar-refractivity contribution is 0.623. The van der Waals surface area contributed by atoms with Crippen LogP contribution in [0.25, 0.3) is 10.8 Å². The molecule has 0 saturated carbocycles. The highest BCUT2D eigenvalue weighted by Gasteiger charge is 2.06. The molecule has 0 N–H and O–H groups in total. The highest BCUT2D eigenvalue weighted by atomic mass is 79.9. The summed E-state index contributed by atoms with van der Waals surface area (Å²) >= 11 is 3.22. The molecular formula is C10H7BrFN. The van der Waals surface area contributed by atoms with Gasteiger partial charge >= 0.3 is 0 Å². The molecule has 2 rings (SSSR count). The van der Waals surface area contributed by atoms with Crippen LogP contribution in [0.3, 0.4) is 0 Å². The van der Waals surface area contributed by atoms with Crippen LogP contribution in [0.1, 0.15) is 5.69 Å². The molecular weight excluding hydrogens is 233 g/mol. The maximum Gasteiger partial charge on any atom is 0.138 e. The van der Waals surface area contributed by atoms with Crippen molar-refractivity contribution in [3.05, 3.63) is 40.4 Å². The molecule has 0 aliphatic rings. The number of rotatable bonds is 0. The molecule has 2 aromatic rings. The lowest BCUT2D eigenvalue weighted by Gasteiger charge is -2.03. The molecule has 0 unspecified atom stereocenters. The van der Waals surface area contributed by atoms with Crippen LogP contribution in [-0.4, -0.2) is 4.98 Å². The van der Waals surface area contributed by atoms with Crippen LogP contribution in [0, 0.1) is 12.7 Å². The van der Waals surface area contributed by atoms with Crippen LogP contribution >= 0.6 is 15.9 Å². The Balaban J connectivity index is 2.97. The van der Waals surface area contributed by atoms with Crippen LogP contribution < -0.4 is 0 Å². The first-order valence-corrected chi connectivity index (χ1v) is 4.69. The number of halogens is 2. The molecule has 13 heavy (non-hydrogen) atoms. The lowest BCUT2D eigenvalue weighted by Crippen LogP contribution is -1.86. The largest absolute Gasteiger partial charge is 0.261 e. The van der Waals surface area contributed by atoms with Crippen molar-refractivity contribution in [3.8, 4) is 0 Å². The van der Waals surface area contributed by atoms with E-state index in [9.17, 15) is 4.39 Å². The number of aryl methyl sites for hydroxylation is 1. The minimum Gasteiger partial charge on any atom is -0.261 e. The molecule has 0 fully saturated rings. The SMILES string of the molecule is Cc1nccc2ccc(F)c(Br)c12. The maximum atomic E-state index is 13.2. The zero-order valence-corrected chi connectivity index (χ0v) is 8.60. The third-order valence-corrected chi connectivity index (χ3v) is 2.79. The highest BCUT2D eigenvalue weighted by molar-refractivity contribution is 9.10. The monoisotopic (exact) mass is 239 g/mol. The van der Waals surface area contributed by atoms with Crippen molar-refractivity contribution in [1.82, 2.24) is 4.98 Å². The summed E-state index contributed by atoms with van der Waals surface area (Å²) in [7, 11) is 0. The molecule has 0 bridgehead atoms. The van der Waals surface area contributed by atoms with Gasteiger partial charge in [0.25, 0.3) is 0 Å². The molecule has 0 spiro atoms. The molecule has 0 atom stereocenters. The molecule has 1 aromatic carbocycles. The molecule has 1 aromatic heterocycles. The van der Waals surface area contributed by atoms with Gasteiger partial charge in [-0.3, -0.25) is 4.98 Å². The molecule has 0 radical (unpaired) electrons. The van der Waals surface area contributed by atoms with Crippen molar-refractivity contribution < 1.29 is 4.39 Å². The summed E-state index contributed by atoms with van der Waals surface area (Å²) < 4.78 is 13.6. The Morgan fingerprint density at radius 3 is 2.85 bits per heavy atom. The van der Waals surface area contributed by atoms with E-state index in [1.54, 1.807) is 12.3 Å². The Kier molecular flexibility index (Phi) is 2.04. The first-order chi connectivity index (χ1) is 6.20. The molecule has 1 heterocycles. The zero-order valence-electron chi connectivity index (χ0n) is 7.01. The molecule has 0 aliphatic carbocycles. The predicted molar refractivity (Wildman–Crippen MR) is 54.1 cm³/mol. The Hall–Kier alpha value is -0.960. The smallest absolute Gasteiger partial charge is 0.138 e. The second-order valence-electron chi connectivity index (χ2n) is 2.86. The number of hydrogen-bond donors (Lipinski definition) is 0.